The minimum absolute atomic E-state index is 0.458. The first-order chi connectivity index (χ1) is 7.08. The second-order valence-electron chi connectivity index (χ2n) is 4.27. The van der Waals surface area contributed by atoms with E-state index >= 15 is 0 Å². The Morgan fingerprint density at radius 3 is 2.73 bits per heavy atom. The van der Waals surface area contributed by atoms with Crippen LogP contribution in [-0.2, 0) is 0 Å². The monoisotopic (exact) mass is 225 g/mol. The van der Waals surface area contributed by atoms with E-state index in [2.05, 4.69) is 16.8 Å². The highest BCUT2D eigenvalue weighted by molar-refractivity contribution is 6.29. The molecule has 0 spiro atoms. The predicted octanol–water partition coefficient (Wildman–Crippen LogP) is 2.55. The van der Waals surface area contributed by atoms with E-state index in [-0.39, 0.29) is 0 Å². The fourth-order valence-electron chi connectivity index (χ4n) is 1.79. The van der Waals surface area contributed by atoms with Crippen molar-refractivity contribution in [2.75, 3.05) is 17.7 Å². The zero-order valence-corrected chi connectivity index (χ0v) is 9.83. The standard InChI is InChI=1S/C11H16ClN3/c1-7(8-3-4-8)15(2)11-6-9(13)5-10(12)14-11/h5-8H,3-4H2,1-2H3,(H2,13,14). The summed E-state index contributed by atoms with van der Waals surface area (Å²) in [5.41, 5.74) is 6.40. The van der Waals surface area contributed by atoms with Gasteiger partial charge in [-0.1, -0.05) is 11.6 Å². The van der Waals surface area contributed by atoms with E-state index < -0.39 is 0 Å². The first kappa shape index (κ1) is 10.6. The molecule has 3 nitrogen and oxygen atoms in total. The summed E-state index contributed by atoms with van der Waals surface area (Å²) in [6.45, 7) is 2.22. The van der Waals surface area contributed by atoms with Crippen LogP contribution in [0.4, 0.5) is 11.5 Å². The highest BCUT2D eigenvalue weighted by Crippen LogP contribution is 2.36. The molecule has 2 rings (SSSR count). The molecule has 0 bridgehead atoms. The summed E-state index contributed by atoms with van der Waals surface area (Å²) in [6, 6.07) is 4.04. The Morgan fingerprint density at radius 2 is 2.20 bits per heavy atom. The van der Waals surface area contributed by atoms with Gasteiger partial charge in [0.2, 0.25) is 0 Å². The van der Waals surface area contributed by atoms with Crippen molar-refractivity contribution in [3.63, 3.8) is 0 Å². The molecular weight excluding hydrogens is 210 g/mol. The highest BCUT2D eigenvalue weighted by Gasteiger charge is 2.31. The number of anilines is 2. The normalized spacial score (nSPS) is 17.5. The number of aromatic nitrogens is 1. The maximum atomic E-state index is 5.88. The van der Waals surface area contributed by atoms with Crippen LogP contribution < -0.4 is 10.6 Å². The molecule has 1 unspecified atom stereocenters. The van der Waals surface area contributed by atoms with Gasteiger partial charge in [0.1, 0.15) is 11.0 Å². The second-order valence-corrected chi connectivity index (χ2v) is 4.66. The molecule has 0 aromatic carbocycles. The van der Waals surface area contributed by atoms with Crippen LogP contribution in [0, 0.1) is 5.92 Å². The van der Waals surface area contributed by atoms with Crippen molar-refractivity contribution in [2.24, 2.45) is 5.92 Å². The van der Waals surface area contributed by atoms with Gasteiger partial charge in [-0.2, -0.15) is 0 Å². The van der Waals surface area contributed by atoms with Crippen molar-refractivity contribution in [1.82, 2.24) is 4.98 Å². The van der Waals surface area contributed by atoms with Crippen molar-refractivity contribution in [1.29, 1.82) is 0 Å². The van der Waals surface area contributed by atoms with Crippen molar-refractivity contribution >= 4 is 23.1 Å². The molecule has 1 aliphatic carbocycles. The van der Waals surface area contributed by atoms with E-state index in [4.69, 9.17) is 17.3 Å². The number of hydrogen-bond donors (Lipinski definition) is 1. The van der Waals surface area contributed by atoms with E-state index in [9.17, 15) is 0 Å². The van der Waals surface area contributed by atoms with Crippen LogP contribution in [0.15, 0.2) is 12.1 Å². The lowest BCUT2D eigenvalue weighted by Gasteiger charge is -2.26. The Kier molecular flexibility index (Phi) is 2.74. The van der Waals surface area contributed by atoms with Gasteiger partial charge < -0.3 is 10.6 Å². The summed E-state index contributed by atoms with van der Waals surface area (Å²) < 4.78 is 0. The number of nitrogens with two attached hydrogens (primary N) is 1. The molecule has 1 aliphatic rings. The zero-order valence-electron chi connectivity index (χ0n) is 9.07. The molecule has 0 amide bonds. The van der Waals surface area contributed by atoms with Gasteiger partial charge in [0, 0.05) is 24.8 Å². The van der Waals surface area contributed by atoms with Crippen LogP contribution in [0.2, 0.25) is 5.15 Å². The van der Waals surface area contributed by atoms with E-state index in [1.54, 1.807) is 6.07 Å². The van der Waals surface area contributed by atoms with E-state index in [1.165, 1.54) is 12.8 Å². The molecule has 1 atom stereocenters. The molecule has 0 aliphatic heterocycles. The second kappa shape index (κ2) is 3.89. The number of nitrogen functional groups attached to an aromatic ring is 1. The molecule has 1 fully saturated rings. The fraction of sp³-hybridized carbons (Fsp3) is 0.545. The van der Waals surface area contributed by atoms with Gasteiger partial charge in [0.25, 0.3) is 0 Å². The lowest BCUT2D eigenvalue weighted by Crippen LogP contribution is -2.31. The van der Waals surface area contributed by atoms with Crippen molar-refractivity contribution < 1.29 is 0 Å². The van der Waals surface area contributed by atoms with Gasteiger partial charge >= 0.3 is 0 Å². The number of pyridine rings is 1. The predicted molar refractivity (Wildman–Crippen MR) is 64.2 cm³/mol. The Morgan fingerprint density at radius 1 is 1.53 bits per heavy atom. The summed E-state index contributed by atoms with van der Waals surface area (Å²) >= 11 is 5.88. The summed E-state index contributed by atoms with van der Waals surface area (Å²) in [5, 5.41) is 0.458. The van der Waals surface area contributed by atoms with Crippen molar-refractivity contribution in [2.45, 2.75) is 25.8 Å². The maximum absolute atomic E-state index is 5.88. The number of halogens is 1. The average Bonchev–Trinajstić information content (AvgIpc) is 2.97. The SMILES string of the molecule is CC(C1CC1)N(C)c1cc(N)cc(Cl)n1. The Bertz CT molecular complexity index is 343. The lowest BCUT2D eigenvalue weighted by molar-refractivity contribution is 0.604. The largest absolute Gasteiger partial charge is 0.399 e. The quantitative estimate of drug-likeness (QED) is 0.804. The third-order valence-electron chi connectivity index (χ3n) is 3.08. The van der Waals surface area contributed by atoms with E-state index in [1.807, 2.05) is 13.1 Å². The smallest absolute Gasteiger partial charge is 0.133 e. The van der Waals surface area contributed by atoms with Crippen LogP contribution in [-0.4, -0.2) is 18.1 Å². The summed E-state index contributed by atoms with van der Waals surface area (Å²) in [7, 11) is 2.04. The molecule has 1 aromatic heterocycles. The highest BCUT2D eigenvalue weighted by atomic mass is 35.5. The topological polar surface area (TPSA) is 42.1 Å². The Labute approximate surface area is 95.2 Å². The molecule has 1 aromatic rings. The van der Waals surface area contributed by atoms with Crippen LogP contribution in [0.5, 0.6) is 0 Å². The summed E-state index contributed by atoms with van der Waals surface area (Å²) in [4.78, 5) is 6.43. The van der Waals surface area contributed by atoms with Crippen LogP contribution in [0.25, 0.3) is 0 Å². The molecule has 4 heteroatoms. The minimum Gasteiger partial charge on any atom is -0.399 e. The van der Waals surface area contributed by atoms with Gasteiger partial charge in [-0.05, 0) is 31.7 Å². The molecule has 1 saturated carbocycles. The average molecular weight is 226 g/mol. The number of nitrogens with zero attached hydrogens (tertiary/aromatic N) is 2. The minimum atomic E-state index is 0.458. The van der Waals surface area contributed by atoms with Gasteiger partial charge in [-0.15, -0.1) is 0 Å². The molecule has 15 heavy (non-hydrogen) atoms. The molecule has 2 N–H and O–H groups in total. The molecule has 82 valence electrons. The molecule has 1 heterocycles. The number of hydrogen-bond acceptors (Lipinski definition) is 3. The molecule has 0 saturated heterocycles. The third kappa shape index (κ3) is 2.34. The van der Waals surface area contributed by atoms with Gasteiger partial charge in [-0.25, -0.2) is 4.98 Å². The zero-order chi connectivity index (χ0) is 11.0. The van der Waals surface area contributed by atoms with Crippen LogP contribution >= 0.6 is 11.6 Å². The number of rotatable bonds is 3. The maximum Gasteiger partial charge on any atom is 0.133 e. The van der Waals surface area contributed by atoms with Crippen LogP contribution in [0.3, 0.4) is 0 Å². The van der Waals surface area contributed by atoms with E-state index in [0.717, 1.165) is 11.7 Å². The van der Waals surface area contributed by atoms with E-state index in [0.29, 0.717) is 16.9 Å². The summed E-state index contributed by atoms with van der Waals surface area (Å²) in [5.74, 6) is 1.66. The fourth-order valence-corrected chi connectivity index (χ4v) is 2.00. The van der Waals surface area contributed by atoms with Gasteiger partial charge in [-0.3, -0.25) is 0 Å². The van der Waals surface area contributed by atoms with Gasteiger partial charge in [0.05, 0.1) is 0 Å². The van der Waals surface area contributed by atoms with Crippen molar-refractivity contribution in [3.8, 4) is 0 Å². The molecule has 0 radical (unpaired) electrons. The summed E-state index contributed by atoms with van der Waals surface area (Å²) in [6.07, 6.45) is 2.64. The molecular formula is C11H16ClN3. The first-order valence-electron chi connectivity index (χ1n) is 5.24. The van der Waals surface area contributed by atoms with Crippen LogP contribution in [0.1, 0.15) is 19.8 Å². The third-order valence-corrected chi connectivity index (χ3v) is 3.27. The first-order valence-corrected chi connectivity index (χ1v) is 5.61. The Hall–Kier alpha value is -0.960. The van der Waals surface area contributed by atoms with Gasteiger partial charge in [0.15, 0.2) is 0 Å². The van der Waals surface area contributed by atoms with Crippen molar-refractivity contribution in [3.05, 3.63) is 17.3 Å². The Balaban J connectivity index is 2.19. The lowest BCUT2D eigenvalue weighted by atomic mass is 10.2.